The Kier molecular flexibility index (Phi) is 7.69. The summed E-state index contributed by atoms with van der Waals surface area (Å²) in [6.07, 6.45) is 5.54. The van der Waals surface area contributed by atoms with Crippen molar-refractivity contribution in [3.8, 4) is 5.75 Å². The second-order valence-corrected chi connectivity index (χ2v) is 5.74. The molecule has 1 heterocycles. The van der Waals surface area contributed by atoms with Crippen molar-refractivity contribution in [2.75, 3.05) is 25.5 Å². The first-order valence-corrected chi connectivity index (χ1v) is 8.70. The third-order valence-corrected chi connectivity index (χ3v) is 3.86. The van der Waals surface area contributed by atoms with Gasteiger partial charge in [0.1, 0.15) is 23.6 Å². The van der Waals surface area contributed by atoms with Gasteiger partial charge in [-0.25, -0.2) is 9.97 Å². The van der Waals surface area contributed by atoms with E-state index < -0.39 is 0 Å². The zero-order valence-electron chi connectivity index (χ0n) is 14.9. The molecule has 0 fully saturated rings. The third kappa shape index (κ3) is 6.06. The first kappa shape index (κ1) is 18.7. The van der Waals surface area contributed by atoms with Crippen LogP contribution in [-0.2, 0) is 6.42 Å². The molecule has 0 saturated carbocycles. The predicted octanol–water partition coefficient (Wildman–Crippen LogP) is 3.06. The molecule has 2 rings (SSSR count). The molecular formula is C19H26N4O2. The van der Waals surface area contributed by atoms with Gasteiger partial charge in [0, 0.05) is 19.2 Å². The van der Waals surface area contributed by atoms with Gasteiger partial charge in [0.2, 0.25) is 0 Å². The fourth-order valence-corrected chi connectivity index (χ4v) is 2.48. The monoisotopic (exact) mass is 342 g/mol. The molecule has 25 heavy (non-hydrogen) atoms. The Morgan fingerprint density at radius 1 is 1.16 bits per heavy atom. The SMILES string of the molecule is CCCCCNc1cc(C(=O)NCCc2ccccc2OC)ncn1. The van der Waals surface area contributed by atoms with Gasteiger partial charge in [0.15, 0.2) is 0 Å². The number of benzene rings is 1. The predicted molar refractivity (Wildman–Crippen MR) is 99.1 cm³/mol. The molecule has 2 aromatic rings. The van der Waals surface area contributed by atoms with Crippen LogP contribution in [0.4, 0.5) is 5.82 Å². The lowest BCUT2D eigenvalue weighted by Crippen LogP contribution is -2.26. The Morgan fingerprint density at radius 2 is 2.00 bits per heavy atom. The second-order valence-electron chi connectivity index (χ2n) is 5.74. The Morgan fingerprint density at radius 3 is 2.80 bits per heavy atom. The number of hydrogen-bond donors (Lipinski definition) is 2. The Hall–Kier alpha value is -2.63. The summed E-state index contributed by atoms with van der Waals surface area (Å²) in [5.74, 6) is 1.31. The molecule has 0 spiro atoms. The summed E-state index contributed by atoms with van der Waals surface area (Å²) in [4.78, 5) is 20.5. The van der Waals surface area contributed by atoms with Crippen LogP contribution in [0.5, 0.6) is 5.75 Å². The highest BCUT2D eigenvalue weighted by Crippen LogP contribution is 2.17. The molecule has 0 unspecified atom stereocenters. The van der Waals surface area contributed by atoms with E-state index in [1.165, 1.54) is 19.2 Å². The van der Waals surface area contributed by atoms with Crippen molar-refractivity contribution in [3.63, 3.8) is 0 Å². The Balaban J connectivity index is 1.84. The Bertz CT molecular complexity index is 676. The fraction of sp³-hybridized carbons (Fsp3) is 0.421. The number of nitrogens with zero attached hydrogens (tertiary/aromatic N) is 2. The summed E-state index contributed by atoms with van der Waals surface area (Å²) in [6.45, 7) is 3.53. The van der Waals surface area contributed by atoms with Gasteiger partial charge in [-0.15, -0.1) is 0 Å². The van der Waals surface area contributed by atoms with Gasteiger partial charge in [0.25, 0.3) is 5.91 Å². The lowest BCUT2D eigenvalue weighted by atomic mass is 10.1. The number of hydrogen-bond acceptors (Lipinski definition) is 5. The van der Waals surface area contributed by atoms with Crippen LogP contribution in [-0.4, -0.2) is 36.1 Å². The summed E-state index contributed by atoms with van der Waals surface area (Å²) < 4.78 is 5.32. The first-order chi connectivity index (χ1) is 12.2. The van der Waals surface area contributed by atoms with Crippen molar-refractivity contribution in [1.29, 1.82) is 0 Å². The van der Waals surface area contributed by atoms with Crippen LogP contribution in [0, 0.1) is 0 Å². The molecule has 1 aromatic carbocycles. The molecule has 0 saturated heterocycles. The average Bonchev–Trinajstić information content (AvgIpc) is 2.66. The van der Waals surface area contributed by atoms with Crippen molar-refractivity contribution in [2.45, 2.75) is 32.6 Å². The number of rotatable bonds is 10. The third-order valence-electron chi connectivity index (χ3n) is 3.86. The van der Waals surface area contributed by atoms with Crippen LogP contribution in [0.25, 0.3) is 0 Å². The molecular weight excluding hydrogens is 316 g/mol. The van der Waals surface area contributed by atoms with Crippen molar-refractivity contribution >= 4 is 11.7 Å². The molecule has 1 aromatic heterocycles. The molecule has 0 radical (unpaired) electrons. The number of methoxy groups -OCH3 is 1. The number of amides is 1. The van der Waals surface area contributed by atoms with E-state index in [2.05, 4.69) is 27.5 Å². The number of carbonyl (C=O) groups is 1. The topological polar surface area (TPSA) is 76.1 Å². The molecule has 0 bridgehead atoms. The number of unbranched alkanes of at least 4 members (excludes halogenated alkanes) is 2. The lowest BCUT2D eigenvalue weighted by molar-refractivity contribution is 0.0949. The minimum atomic E-state index is -0.200. The summed E-state index contributed by atoms with van der Waals surface area (Å²) in [7, 11) is 1.65. The molecule has 0 aliphatic carbocycles. The lowest BCUT2D eigenvalue weighted by Gasteiger charge is -2.09. The number of carbonyl (C=O) groups excluding carboxylic acids is 1. The molecule has 0 aliphatic rings. The van der Waals surface area contributed by atoms with Crippen LogP contribution in [0.1, 0.15) is 42.2 Å². The minimum Gasteiger partial charge on any atom is -0.496 e. The maximum absolute atomic E-state index is 12.3. The van der Waals surface area contributed by atoms with Crippen molar-refractivity contribution in [1.82, 2.24) is 15.3 Å². The number of aromatic nitrogens is 2. The van der Waals surface area contributed by atoms with Crippen LogP contribution >= 0.6 is 0 Å². The summed E-state index contributed by atoms with van der Waals surface area (Å²) in [5.41, 5.74) is 1.43. The minimum absolute atomic E-state index is 0.200. The van der Waals surface area contributed by atoms with E-state index in [1.54, 1.807) is 13.2 Å². The van der Waals surface area contributed by atoms with E-state index in [0.717, 1.165) is 24.3 Å². The number of ether oxygens (including phenoxy) is 1. The molecule has 1 amide bonds. The van der Waals surface area contributed by atoms with E-state index in [-0.39, 0.29) is 5.91 Å². The van der Waals surface area contributed by atoms with Crippen LogP contribution in [0.15, 0.2) is 36.7 Å². The van der Waals surface area contributed by atoms with Gasteiger partial charge in [-0.05, 0) is 24.5 Å². The zero-order valence-corrected chi connectivity index (χ0v) is 14.9. The average molecular weight is 342 g/mol. The van der Waals surface area contributed by atoms with E-state index in [0.29, 0.717) is 24.5 Å². The number of nitrogens with one attached hydrogen (secondary N) is 2. The standard InChI is InChI=1S/C19H26N4O2/c1-3-4-7-11-20-18-13-16(22-14-23-18)19(24)21-12-10-15-8-5-6-9-17(15)25-2/h5-6,8-9,13-14H,3-4,7,10-12H2,1-2H3,(H,21,24)(H,20,22,23). The van der Waals surface area contributed by atoms with Crippen molar-refractivity contribution in [3.05, 3.63) is 47.9 Å². The highest BCUT2D eigenvalue weighted by molar-refractivity contribution is 5.92. The Labute approximate surface area is 149 Å². The molecule has 134 valence electrons. The first-order valence-electron chi connectivity index (χ1n) is 8.70. The summed E-state index contributed by atoms with van der Waals surface area (Å²) >= 11 is 0. The van der Waals surface area contributed by atoms with Gasteiger partial charge >= 0.3 is 0 Å². The molecule has 0 atom stereocenters. The van der Waals surface area contributed by atoms with Gasteiger partial charge in [-0.2, -0.15) is 0 Å². The van der Waals surface area contributed by atoms with Gasteiger partial charge in [-0.3, -0.25) is 4.79 Å². The van der Waals surface area contributed by atoms with Crippen LogP contribution in [0.3, 0.4) is 0 Å². The molecule has 2 N–H and O–H groups in total. The number of para-hydroxylation sites is 1. The van der Waals surface area contributed by atoms with E-state index in [1.807, 2.05) is 24.3 Å². The van der Waals surface area contributed by atoms with Crippen LogP contribution < -0.4 is 15.4 Å². The van der Waals surface area contributed by atoms with E-state index >= 15 is 0 Å². The quantitative estimate of drug-likeness (QED) is 0.649. The maximum Gasteiger partial charge on any atom is 0.270 e. The second kappa shape index (κ2) is 10.3. The summed E-state index contributed by atoms with van der Waals surface area (Å²) in [5, 5.41) is 6.11. The zero-order chi connectivity index (χ0) is 17.9. The fourth-order valence-electron chi connectivity index (χ4n) is 2.48. The molecule has 0 aliphatic heterocycles. The number of anilines is 1. The summed E-state index contributed by atoms with van der Waals surface area (Å²) in [6, 6.07) is 9.48. The highest BCUT2D eigenvalue weighted by Gasteiger charge is 2.09. The van der Waals surface area contributed by atoms with E-state index in [4.69, 9.17) is 4.74 Å². The normalized spacial score (nSPS) is 10.3. The highest BCUT2D eigenvalue weighted by atomic mass is 16.5. The van der Waals surface area contributed by atoms with Gasteiger partial charge < -0.3 is 15.4 Å². The molecule has 6 heteroatoms. The largest absolute Gasteiger partial charge is 0.496 e. The van der Waals surface area contributed by atoms with E-state index in [9.17, 15) is 4.79 Å². The van der Waals surface area contributed by atoms with Gasteiger partial charge in [0.05, 0.1) is 7.11 Å². The van der Waals surface area contributed by atoms with Crippen molar-refractivity contribution in [2.24, 2.45) is 0 Å². The molecule has 6 nitrogen and oxygen atoms in total. The smallest absolute Gasteiger partial charge is 0.270 e. The van der Waals surface area contributed by atoms with Gasteiger partial charge in [-0.1, -0.05) is 38.0 Å². The van der Waals surface area contributed by atoms with Crippen molar-refractivity contribution < 1.29 is 9.53 Å². The van der Waals surface area contributed by atoms with Crippen LogP contribution in [0.2, 0.25) is 0 Å². The maximum atomic E-state index is 12.3.